The zero-order chi connectivity index (χ0) is 17.2. The van der Waals surface area contributed by atoms with Crippen molar-refractivity contribution in [3.05, 3.63) is 16.5 Å². The highest BCUT2D eigenvalue weighted by molar-refractivity contribution is 7.88. The van der Waals surface area contributed by atoms with Gasteiger partial charge in [0.15, 0.2) is 0 Å². The van der Waals surface area contributed by atoms with Gasteiger partial charge in [-0.15, -0.1) is 11.3 Å². The number of esters is 1. The Labute approximate surface area is 139 Å². The number of sulfonamides is 1. The lowest BCUT2D eigenvalue weighted by Crippen LogP contribution is -2.42. The highest BCUT2D eigenvalue weighted by Gasteiger charge is 2.36. The van der Waals surface area contributed by atoms with Crippen molar-refractivity contribution in [1.82, 2.24) is 4.31 Å². The van der Waals surface area contributed by atoms with Crippen LogP contribution in [-0.2, 0) is 19.6 Å². The van der Waals surface area contributed by atoms with Crippen LogP contribution in [0.2, 0.25) is 0 Å². The molecule has 0 bridgehead atoms. The second-order valence-electron chi connectivity index (χ2n) is 5.36. The van der Waals surface area contributed by atoms with Crippen molar-refractivity contribution in [3.63, 3.8) is 0 Å². The number of anilines is 1. The predicted molar refractivity (Wildman–Crippen MR) is 88.2 cm³/mol. The third-order valence-corrected chi connectivity index (χ3v) is 5.98. The summed E-state index contributed by atoms with van der Waals surface area (Å²) in [5.74, 6) is -0.793. The summed E-state index contributed by atoms with van der Waals surface area (Å²) in [4.78, 5) is 24.6. The summed E-state index contributed by atoms with van der Waals surface area (Å²) in [5, 5.41) is 3.22. The van der Waals surface area contributed by atoms with Gasteiger partial charge in [-0.05, 0) is 38.3 Å². The number of thiophene rings is 1. The largest absolute Gasteiger partial charge is 0.462 e. The summed E-state index contributed by atoms with van der Waals surface area (Å²) in [7, 11) is -3.41. The zero-order valence-electron chi connectivity index (χ0n) is 13.3. The van der Waals surface area contributed by atoms with E-state index in [9.17, 15) is 18.0 Å². The zero-order valence-corrected chi connectivity index (χ0v) is 14.9. The number of amides is 1. The van der Waals surface area contributed by atoms with Gasteiger partial charge in [-0.25, -0.2) is 13.2 Å². The molecule has 0 spiro atoms. The Morgan fingerprint density at radius 2 is 2.17 bits per heavy atom. The molecule has 2 rings (SSSR count). The Kier molecular flexibility index (Phi) is 5.43. The number of aryl methyl sites for hydroxylation is 1. The fourth-order valence-corrected chi connectivity index (χ4v) is 4.64. The lowest BCUT2D eigenvalue weighted by Gasteiger charge is -2.20. The molecule has 1 aliphatic rings. The first-order valence-electron chi connectivity index (χ1n) is 7.29. The minimum atomic E-state index is -3.41. The lowest BCUT2D eigenvalue weighted by molar-refractivity contribution is -0.119. The molecular formula is C14H20N2O5S2. The summed E-state index contributed by atoms with van der Waals surface area (Å²) in [5.41, 5.74) is 0.718. The van der Waals surface area contributed by atoms with Crippen LogP contribution in [0.15, 0.2) is 6.07 Å². The Morgan fingerprint density at radius 3 is 2.78 bits per heavy atom. The Balaban J connectivity index is 2.12. The molecule has 1 aliphatic heterocycles. The van der Waals surface area contributed by atoms with E-state index in [2.05, 4.69) is 5.32 Å². The van der Waals surface area contributed by atoms with Gasteiger partial charge < -0.3 is 10.1 Å². The first kappa shape index (κ1) is 17.9. The van der Waals surface area contributed by atoms with Crippen LogP contribution in [0.4, 0.5) is 5.00 Å². The van der Waals surface area contributed by atoms with Crippen LogP contribution >= 0.6 is 11.3 Å². The molecule has 7 nitrogen and oxygen atoms in total. The molecule has 1 fully saturated rings. The van der Waals surface area contributed by atoms with Crippen LogP contribution in [0, 0.1) is 6.92 Å². The van der Waals surface area contributed by atoms with Gasteiger partial charge in [0.25, 0.3) is 0 Å². The molecule has 0 aromatic carbocycles. The van der Waals surface area contributed by atoms with Gasteiger partial charge in [0.05, 0.1) is 17.9 Å². The minimum absolute atomic E-state index is 0.281. The van der Waals surface area contributed by atoms with Crippen molar-refractivity contribution in [2.75, 3.05) is 24.7 Å². The van der Waals surface area contributed by atoms with Gasteiger partial charge in [0.1, 0.15) is 10.9 Å². The molecule has 0 aliphatic carbocycles. The van der Waals surface area contributed by atoms with E-state index in [1.807, 2.05) is 0 Å². The highest BCUT2D eigenvalue weighted by atomic mass is 32.2. The van der Waals surface area contributed by atoms with E-state index >= 15 is 0 Å². The molecule has 9 heteroatoms. The van der Waals surface area contributed by atoms with Crippen LogP contribution in [-0.4, -0.2) is 50.0 Å². The number of nitrogens with one attached hydrogen (secondary N) is 1. The fraction of sp³-hybridized carbons (Fsp3) is 0.571. The highest BCUT2D eigenvalue weighted by Crippen LogP contribution is 2.29. The average Bonchev–Trinajstić information content (AvgIpc) is 3.05. The molecule has 1 aromatic heterocycles. The molecule has 0 saturated carbocycles. The first-order chi connectivity index (χ1) is 10.7. The van der Waals surface area contributed by atoms with Crippen molar-refractivity contribution >= 4 is 38.2 Å². The van der Waals surface area contributed by atoms with Crippen LogP contribution in [0.3, 0.4) is 0 Å². The van der Waals surface area contributed by atoms with Crippen LogP contribution in [0.5, 0.6) is 0 Å². The molecule has 1 unspecified atom stereocenters. The Morgan fingerprint density at radius 1 is 1.48 bits per heavy atom. The molecular weight excluding hydrogens is 340 g/mol. The van der Waals surface area contributed by atoms with Crippen molar-refractivity contribution in [3.8, 4) is 0 Å². The van der Waals surface area contributed by atoms with Crippen molar-refractivity contribution in [1.29, 1.82) is 0 Å². The van der Waals surface area contributed by atoms with Crippen LogP contribution < -0.4 is 5.32 Å². The number of carbonyl (C=O) groups is 2. The molecule has 0 radical (unpaired) electrons. The number of rotatable bonds is 5. The standard InChI is InChI=1S/C14H20N2O5S2/c1-4-21-14(18)12-9(2)8-11(22-12)15-13(17)10-6-5-7-16(10)23(3,19)20/h8,10H,4-7H2,1-3H3,(H,15,17). The molecule has 1 aromatic rings. The smallest absolute Gasteiger partial charge is 0.348 e. The number of carbonyl (C=O) groups excluding carboxylic acids is 2. The molecule has 23 heavy (non-hydrogen) atoms. The quantitative estimate of drug-likeness (QED) is 0.805. The van der Waals surface area contributed by atoms with Gasteiger partial charge in [0.2, 0.25) is 15.9 Å². The SMILES string of the molecule is CCOC(=O)c1sc(NC(=O)C2CCCN2S(C)(=O)=O)cc1C. The normalized spacial score (nSPS) is 18.8. The number of ether oxygens (including phenoxy) is 1. The Bertz CT molecular complexity index is 711. The lowest BCUT2D eigenvalue weighted by atomic mass is 10.2. The van der Waals surface area contributed by atoms with Gasteiger partial charge in [-0.3, -0.25) is 4.79 Å². The van der Waals surface area contributed by atoms with E-state index in [1.54, 1.807) is 19.9 Å². The minimum Gasteiger partial charge on any atom is -0.462 e. The van der Waals surface area contributed by atoms with Crippen molar-refractivity contribution < 1.29 is 22.7 Å². The third-order valence-electron chi connectivity index (χ3n) is 3.56. The van der Waals surface area contributed by atoms with Crippen molar-refractivity contribution in [2.45, 2.75) is 32.7 Å². The van der Waals surface area contributed by atoms with Crippen LogP contribution in [0.1, 0.15) is 35.0 Å². The number of hydrogen-bond acceptors (Lipinski definition) is 6. The topological polar surface area (TPSA) is 92.8 Å². The molecule has 128 valence electrons. The van der Waals surface area contributed by atoms with E-state index in [1.165, 1.54) is 4.31 Å². The van der Waals surface area contributed by atoms with E-state index in [0.29, 0.717) is 29.3 Å². The summed E-state index contributed by atoms with van der Waals surface area (Å²) in [6.07, 6.45) is 2.25. The van der Waals surface area contributed by atoms with E-state index in [0.717, 1.165) is 23.2 Å². The first-order valence-corrected chi connectivity index (χ1v) is 9.95. The van der Waals surface area contributed by atoms with Crippen molar-refractivity contribution in [2.24, 2.45) is 0 Å². The average molecular weight is 360 g/mol. The summed E-state index contributed by atoms with van der Waals surface area (Å²) in [6, 6.07) is 0.993. The second-order valence-corrected chi connectivity index (χ2v) is 8.35. The predicted octanol–water partition coefficient (Wildman–Crippen LogP) is 1.60. The van der Waals surface area contributed by atoms with E-state index < -0.39 is 22.0 Å². The Hall–Kier alpha value is -1.45. The number of nitrogens with zero attached hydrogens (tertiary/aromatic N) is 1. The van der Waals surface area contributed by atoms with E-state index in [4.69, 9.17) is 4.74 Å². The maximum absolute atomic E-state index is 12.4. The monoisotopic (exact) mass is 360 g/mol. The summed E-state index contributed by atoms with van der Waals surface area (Å²) >= 11 is 1.13. The van der Waals surface area contributed by atoms with E-state index in [-0.39, 0.29) is 12.5 Å². The second kappa shape index (κ2) is 6.98. The molecule has 2 heterocycles. The maximum atomic E-state index is 12.4. The fourth-order valence-electron chi connectivity index (χ4n) is 2.55. The van der Waals surface area contributed by atoms with Gasteiger partial charge >= 0.3 is 5.97 Å². The maximum Gasteiger partial charge on any atom is 0.348 e. The molecule has 1 amide bonds. The summed E-state index contributed by atoms with van der Waals surface area (Å²) < 4.78 is 29.6. The molecule has 1 saturated heterocycles. The number of hydrogen-bond donors (Lipinski definition) is 1. The van der Waals surface area contributed by atoms with Gasteiger partial charge in [0, 0.05) is 6.54 Å². The van der Waals surface area contributed by atoms with Gasteiger partial charge in [-0.1, -0.05) is 0 Å². The molecule has 1 atom stereocenters. The van der Waals surface area contributed by atoms with Crippen LogP contribution in [0.25, 0.3) is 0 Å². The molecule has 1 N–H and O–H groups in total. The summed E-state index contributed by atoms with van der Waals surface area (Å²) in [6.45, 7) is 4.12. The third kappa shape index (κ3) is 4.10. The van der Waals surface area contributed by atoms with Gasteiger partial charge in [-0.2, -0.15) is 4.31 Å².